The number of rotatable bonds is 5. The lowest BCUT2D eigenvalue weighted by Crippen LogP contribution is -2.52. The van der Waals surface area contributed by atoms with Gasteiger partial charge in [0.2, 0.25) is 5.91 Å². The molecule has 126 valence electrons. The van der Waals surface area contributed by atoms with Gasteiger partial charge in [-0.3, -0.25) is 9.69 Å². The lowest BCUT2D eigenvalue weighted by molar-refractivity contribution is -0.137. The molecule has 2 atom stereocenters. The Morgan fingerprint density at radius 1 is 1.26 bits per heavy atom. The molecule has 2 saturated heterocycles. The second kappa shape index (κ2) is 6.49. The summed E-state index contributed by atoms with van der Waals surface area (Å²) in [5.74, 6) is 0.967. The van der Waals surface area contributed by atoms with Crippen LogP contribution in [0.5, 0.6) is 5.75 Å². The third-order valence-electron chi connectivity index (χ3n) is 5.23. The first kappa shape index (κ1) is 16.3. The average molecular weight is 318 g/mol. The predicted octanol–water partition coefficient (Wildman–Crippen LogP) is 1.60. The number of amides is 1. The highest BCUT2D eigenvalue weighted by Gasteiger charge is 2.41. The van der Waals surface area contributed by atoms with E-state index in [0.717, 1.165) is 50.2 Å². The molecule has 0 bridgehead atoms. The van der Waals surface area contributed by atoms with Gasteiger partial charge in [-0.1, -0.05) is 12.1 Å². The summed E-state index contributed by atoms with van der Waals surface area (Å²) >= 11 is 0. The maximum atomic E-state index is 12.3. The van der Waals surface area contributed by atoms with E-state index in [2.05, 4.69) is 4.90 Å². The minimum atomic E-state index is -0.974. The fourth-order valence-electron chi connectivity index (χ4n) is 3.61. The largest absolute Gasteiger partial charge is 0.497 e. The summed E-state index contributed by atoms with van der Waals surface area (Å²) in [4.78, 5) is 16.3. The Kier molecular flexibility index (Phi) is 4.60. The van der Waals surface area contributed by atoms with Crippen LogP contribution in [0.25, 0.3) is 0 Å². The van der Waals surface area contributed by atoms with Crippen molar-refractivity contribution in [3.63, 3.8) is 0 Å². The molecule has 1 aromatic carbocycles. The molecule has 0 saturated carbocycles. The molecule has 0 unspecified atom stereocenters. The third kappa shape index (κ3) is 3.21. The monoisotopic (exact) mass is 318 g/mol. The predicted molar refractivity (Wildman–Crippen MR) is 88.4 cm³/mol. The Balaban J connectivity index is 1.72. The summed E-state index contributed by atoms with van der Waals surface area (Å²) in [7, 11) is 1.63. The molecule has 0 spiro atoms. The topological polar surface area (TPSA) is 53.0 Å². The van der Waals surface area contributed by atoms with Gasteiger partial charge in [0.25, 0.3) is 0 Å². The molecule has 2 aliphatic rings. The van der Waals surface area contributed by atoms with E-state index < -0.39 is 5.60 Å². The highest BCUT2D eigenvalue weighted by atomic mass is 16.5. The van der Waals surface area contributed by atoms with Crippen molar-refractivity contribution >= 4 is 5.91 Å². The lowest BCUT2D eigenvalue weighted by Gasteiger charge is -2.38. The van der Waals surface area contributed by atoms with Crippen molar-refractivity contribution in [1.82, 2.24) is 9.80 Å². The number of carbonyl (C=O) groups is 1. The van der Waals surface area contributed by atoms with Crippen LogP contribution in [0.2, 0.25) is 0 Å². The quantitative estimate of drug-likeness (QED) is 0.896. The summed E-state index contributed by atoms with van der Waals surface area (Å²) in [5.41, 5.74) is -0.107. The Labute approximate surface area is 137 Å². The van der Waals surface area contributed by atoms with Crippen molar-refractivity contribution in [2.24, 2.45) is 0 Å². The van der Waals surface area contributed by atoms with E-state index in [-0.39, 0.29) is 11.9 Å². The molecule has 0 radical (unpaired) electrons. The number of hydrogen-bond donors (Lipinski definition) is 1. The van der Waals surface area contributed by atoms with Crippen LogP contribution in [-0.4, -0.2) is 60.1 Å². The zero-order chi connectivity index (χ0) is 16.4. The van der Waals surface area contributed by atoms with Gasteiger partial charge < -0.3 is 14.7 Å². The van der Waals surface area contributed by atoms with E-state index in [1.165, 1.54) is 0 Å². The Bertz CT molecular complexity index is 552. The normalized spacial score (nSPS) is 24.1. The Morgan fingerprint density at radius 2 is 1.96 bits per heavy atom. The minimum absolute atomic E-state index is 0.0267. The van der Waals surface area contributed by atoms with Gasteiger partial charge in [-0.05, 0) is 50.4 Å². The van der Waals surface area contributed by atoms with Crippen molar-refractivity contribution in [1.29, 1.82) is 0 Å². The van der Waals surface area contributed by atoms with E-state index in [4.69, 9.17) is 4.74 Å². The van der Waals surface area contributed by atoms with Crippen LogP contribution in [0, 0.1) is 0 Å². The van der Waals surface area contributed by atoms with Crippen molar-refractivity contribution in [3.05, 3.63) is 29.8 Å². The number of nitrogens with zero attached hydrogens (tertiary/aromatic N) is 2. The van der Waals surface area contributed by atoms with Gasteiger partial charge >= 0.3 is 0 Å². The fourth-order valence-corrected chi connectivity index (χ4v) is 3.61. The van der Waals surface area contributed by atoms with Gasteiger partial charge in [0.15, 0.2) is 0 Å². The molecule has 1 aromatic rings. The first-order chi connectivity index (χ1) is 11.0. The summed E-state index contributed by atoms with van der Waals surface area (Å²) in [6.45, 7) is 4.90. The molecule has 23 heavy (non-hydrogen) atoms. The summed E-state index contributed by atoms with van der Waals surface area (Å²) in [5, 5.41) is 11.1. The molecule has 1 N–H and O–H groups in total. The molecule has 1 amide bonds. The summed E-state index contributed by atoms with van der Waals surface area (Å²) in [6.07, 6.45) is 3.04. The van der Waals surface area contributed by atoms with Gasteiger partial charge in [-0.25, -0.2) is 0 Å². The van der Waals surface area contributed by atoms with Crippen LogP contribution in [0.4, 0.5) is 0 Å². The van der Waals surface area contributed by atoms with Crippen LogP contribution in [0.15, 0.2) is 24.3 Å². The fraction of sp³-hybridized carbons (Fsp3) is 0.611. The molecule has 0 aliphatic carbocycles. The van der Waals surface area contributed by atoms with Gasteiger partial charge in [0.05, 0.1) is 13.7 Å². The number of benzene rings is 1. The van der Waals surface area contributed by atoms with E-state index in [1.807, 2.05) is 36.1 Å². The van der Waals surface area contributed by atoms with Crippen LogP contribution < -0.4 is 4.74 Å². The van der Waals surface area contributed by atoms with Gasteiger partial charge in [-0.2, -0.15) is 0 Å². The highest BCUT2D eigenvalue weighted by Crippen LogP contribution is 2.35. The lowest BCUT2D eigenvalue weighted by atomic mass is 9.86. The standard InChI is InChI=1S/C18H26N2O3/c1-18(22,14-6-8-15(23-2)9-7-14)16-5-3-10-20(16)13-17(21)19-11-4-12-19/h6-9,16,22H,3-5,10-13H2,1-2H3/t16-,18+/m1/s1. The number of methoxy groups -OCH3 is 1. The molecule has 5 heteroatoms. The average Bonchev–Trinajstić information content (AvgIpc) is 2.94. The molecule has 3 rings (SSSR count). The molecule has 2 heterocycles. The van der Waals surface area contributed by atoms with E-state index in [9.17, 15) is 9.90 Å². The Hall–Kier alpha value is -1.59. The second-order valence-electron chi connectivity index (χ2n) is 6.74. The maximum absolute atomic E-state index is 12.3. The third-order valence-corrected chi connectivity index (χ3v) is 5.23. The minimum Gasteiger partial charge on any atom is -0.497 e. The first-order valence-corrected chi connectivity index (χ1v) is 8.41. The van der Waals surface area contributed by atoms with Crippen molar-refractivity contribution in [3.8, 4) is 5.75 Å². The zero-order valence-corrected chi connectivity index (χ0v) is 14.0. The second-order valence-corrected chi connectivity index (χ2v) is 6.74. The Morgan fingerprint density at radius 3 is 2.52 bits per heavy atom. The molecule has 2 aliphatic heterocycles. The number of hydrogen-bond acceptors (Lipinski definition) is 4. The number of carbonyl (C=O) groups excluding carboxylic acids is 1. The zero-order valence-electron chi connectivity index (χ0n) is 14.0. The number of ether oxygens (including phenoxy) is 1. The van der Waals surface area contributed by atoms with Crippen molar-refractivity contribution in [2.45, 2.75) is 37.8 Å². The van der Waals surface area contributed by atoms with Gasteiger partial charge in [0.1, 0.15) is 11.4 Å². The SMILES string of the molecule is COc1ccc([C@](C)(O)[C@H]2CCCN2CC(=O)N2CCC2)cc1. The molecule has 2 fully saturated rings. The van der Waals surface area contributed by atoms with Crippen LogP contribution in [0.3, 0.4) is 0 Å². The van der Waals surface area contributed by atoms with Crippen LogP contribution >= 0.6 is 0 Å². The maximum Gasteiger partial charge on any atom is 0.236 e. The molecular formula is C18H26N2O3. The van der Waals surface area contributed by atoms with Crippen LogP contribution in [0.1, 0.15) is 31.7 Å². The molecule has 0 aromatic heterocycles. The van der Waals surface area contributed by atoms with Gasteiger partial charge in [0, 0.05) is 19.1 Å². The summed E-state index contributed by atoms with van der Waals surface area (Å²) < 4.78 is 5.18. The highest BCUT2D eigenvalue weighted by molar-refractivity contribution is 5.79. The molecular weight excluding hydrogens is 292 g/mol. The van der Waals surface area contributed by atoms with Gasteiger partial charge in [-0.15, -0.1) is 0 Å². The first-order valence-electron chi connectivity index (χ1n) is 8.41. The number of likely N-dealkylation sites (tertiary alicyclic amines) is 2. The van der Waals surface area contributed by atoms with Crippen molar-refractivity contribution in [2.75, 3.05) is 33.3 Å². The van der Waals surface area contributed by atoms with Crippen LogP contribution in [-0.2, 0) is 10.4 Å². The van der Waals surface area contributed by atoms with E-state index >= 15 is 0 Å². The molecule has 5 nitrogen and oxygen atoms in total. The van der Waals surface area contributed by atoms with E-state index in [1.54, 1.807) is 7.11 Å². The summed E-state index contributed by atoms with van der Waals surface area (Å²) in [6, 6.07) is 7.53. The smallest absolute Gasteiger partial charge is 0.236 e. The number of aliphatic hydroxyl groups is 1. The van der Waals surface area contributed by atoms with Crippen molar-refractivity contribution < 1.29 is 14.6 Å². The van der Waals surface area contributed by atoms with E-state index in [0.29, 0.717) is 6.54 Å².